The lowest BCUT2D eigenvalue weighted by Gasteiger charge is -2.18. The fourth-order valence-electron chi connectivity index (χ4n) is 2.98. The van der Waals surface area contributed by atoms with Crippen LogP contribution >= 0.6 is 0 Å². The Hall–Kier alpha value is -3.47. The van der Waals surface area contributed by atoms with Gasteiger partial charge in [0.1, 0.15) is 5.82 Å². The maximum atomic E-state index is 13.2. The Morgan fingerprint density at radius 3 is 1.89 bits per heavy atom. The molecule has 0 aliphatic carbocycles. The van der Waals surface area contributed by atoms with E-state index in [0.717, 1.165) is 11.1 Å². The van der Waals surface area contributed by atoms with Crippen molar-refractivity contribution in [1.82, 2.24) is 10.6 Å². The zero-order valence-corrected chi connectivity index (χ0v) is 15.3. The Morgan fingerprint density at radius 1 is 0.750 bits per heavy atom. The van der Waals surface area contributed by atoms with Crippen molar-refractivity contribution in [2.75, 3.05) is 13.1 Å². The molecule has 0 heterocycles. The Morgan fingerprint density at radius 2 is 1.32 bits per heavy atom. The second-order valence-electron chi connectivity index (χ2n) is 6.31. The van der Waals surface area contributed by atoms with E-state index in [9.17, 15) is 14.0 Å². The third kappa shape index (κ3) is 5.04. The number of hydrogen-bond donors (Lipinski definition) is 2. The molecule has 2 amide bonds. The van der Waals surface area contributed by atoms with E-state index in [-0.39, 0.29) is 30.5 Å². The monoisotopic (exact) mass is 376 g/mol. The highest BCUT2D eigenvalue weighted by Crippen LogP contribution is 2.24. The summed E-state index contributed by atoms with van der Waals surface area (Å²) in [5.74, 6) is -1.41. The predicted octanol–water partition coefficient (Wildman–Crippen LogP) is 3.50. The van der Waals surface area contributed by atoms with Gasteiger partial charge in [0.05, 0.1) is 5.92 Å². The van der Waals surface area contributed by atoms with Crippen molar-refractivity contribution in [1.29, 1.82) is 0 Å². The second kappa shape index (κ2) is 9.46. The van der Waals surface area contributed by atoms with Gasteiger partial charge in [-0.15, -0.1) is 0 Å². The number of rotatable bonds is 7. The van der Waals surface area contributed by atoms with Crippen LogP contribution < -0.4 is 10.6 Å². The molecule has 0 atom stereocenters. The Balaban J connectivity index is 1.59. The standard InChI is InChI=1S/C23H21FN2O2/c24-20-13-7-12-19(16-20)22(27)25-14-15-26-23(28)21(17-8-3-1-4-9-17)18-10-5-2-6-11-18/h1-13,16,21H,14-15H2,(H,25,27)(H,26,28). The Kier molecular flexibility index (Phi) is 6.52. The number of nitrogens with one attached hydrogen (secondary N) is 2. The summed E-state index contributed by atoms with van der Waals surface area (Å²) < 4.78 is 13.2. The molecule has 0 unspecified atom stereocenters. The number of hydrogen-bond acceptors (Lipinski definition) is 2. The largest absolute Gasteiger partial charge is 0.354 e. The zero-order valence-electron chi connectivity index (χ0n) is 15.3. The van der Waals surface area contributed by atoms with Gasteiger partial charge in [-0.25, -0.2) is 4.39 Å². The molecule has 142 valence electrons. The number of carbonyl (C=O) groups is 2. The molecule has 3 aromatic rings. The molecule has 3 aromatic carbocycles. The molecule has 0 radical (unpaired) electrons. The average molecular weight is 376 g/mol. The van der Waals surface area contributed by atoms with E-state index in [1.165, 1.54) is 24.3 Å². The van der Waals surface area contributed by atoms with Gasteiger partial charge in [-0.2, -0.15) is 0 Å². The highest BCUT2D eigenvalue weighted by atomic mass is 19.1. The van der Waals surface area contributed by atoms with E-state index in [1.807, 2.05) is 60.7 Å². The first-order valence-corrected chi connectivity index (χ1v) is 9.06. The normalized spacial score (nSPS) is 10.5. The molecule has 0 aliphatic rings. The summed E-state index contributed by atoms with van der Waals surface area (Å²) in [6.45, 7) is 0.521. The molecule has 2 N–H and O–H groups in total. The summed E-state index contributed by atoms with van der Waals surface area (Å²) >= 11 is 0. The second-order valence-corrected chi connectivity index (χ2v) is 6.31. The topological polar surface area (TPSA) is 58.2 Å². The molecule has 0 saturated heterocycles. The molecule has 0 fully saturated rings. The van der Waals surface area contributed by atoms with Gasteiger partial charge in [-0.1, -0.05) is 66.7 Å². The van der Waals surface area contributed by atoms with Crippen LogP contribution in [0.1, 0.15) is 27.4 Å². The van der Waals surface area contributed by atoms with Crippen molar-refractivity contribution in [3.63, 3.8) is 0 Å². The number of amides is 2. The van der Waals surface area contributed by atoms with Crippen LogP contribution in [0.2, 0.25) is 0 Å². The fourth-order valence-corrected chi connectivity index (χ4v) is 2.98. The van der Waals surface area contributed by atoms with Crippen LogP contribution in [0.25, 0.3) is 0 Å². The first-order valence-electron chi connectivity index (χ1n) is 9.06. The van der Waals surface area contributed by atoms with E-state index in [0.29, 0.717) is 0 Å². The van der Waals surface area contributed by atoms with E-state index in [1.54, 1.807) is 0 Å². The number of benzene rings is 3. The summed E-state index contributed by atoms with van der Waals surface area (Å²) in [5, 5.41) is 5.55. The van der Waals surface area contributed by atoms with Gasteiger partial charge >= 0.3 is 0 Å². The molecule has 5 heteroatoms. The van der Waals surface area contributed by atoms with Crippen molar-refractivity contribution in [2.45, 2.75) is 5.92 Å². The lowest BCUT2D eigenvalue weighted by Crippen LogP contribution is -2.37. The Labute approximate surface area is 163 Å². The van der Waals surface area contributed by atoms with Crippen molar-refractivity contribution in [3.8, 4) is 0 Å². The lowest BCUT2D eigenvalue weighted by molar-refractivity contribution is -0.121. The zero-order chi connectivity index (χ0) is 19.8. The summed E-state index contributed by atoms with van der Waals surface area (Å²) in [6.07, 6.45) is 0. The van der Waals surface area contributed by atoms with Gasteiger partial charge in [0.2, 0.25) is 5.91 Å². The molecule has 0 spiro atoms. The quantitative estimate of drug-likeness (QED) is 0.620. The highest BCUT2D eigenvalue weighted by Gasteiger charge is 2.22. The molecule has 0 saturated carbocycles. The third-order valence-electron chi connectivity index (χ3n) is 4.32. The van der Waals surface area contributed by atoms with Crippen molar-refractivity contribution >= 4 is 11.8 Å². The molecule has 4 nitrogen and oxygen atoms in total. The SMILES string of the molecule is O=C(NCCNC(=O)C(c1ccccc1)c1ccccc1)c1cccc(F)c1. The highest BCUT2D eigenvalue weighted by molar-refractivity contribution is 5.94. The van der Waals surface area contributed by atoms with Gasteiger partial charge in [-0.3, -0.25) is 9.59 Å². The van der Waals surface area contributed by atoms with Crippen LogP contribution in [-0.2, 0) is 4.79 Å². The maximum absolute atomic E-state index is 13.2. The van der Waals surface area contributed by atoms with E-state index in [2.05, 4.69) is 10.6 Å². The predicted molar refractivity (Wildman–Crippen MR) is 106 cm³/mol. The maximum Gasteiger partial charge on any atom is 0.251 e. The number of carbonyl (C=O) groups excluding carboxylic acids is 2. The Bertz CT molecular complexity index is 890. The van der Waals surface area contributed by atoms with Crippen LogP contribution in [-0.4, -0.2) is 24.9 Å². The number of halogens is 1. The van der Waals surface area contributed by atoms with Crippen LogP contribution in [0.4, 0.5) is 4.39 Å². The summed E-state index contributed by atoms with van der Waals surface area (Å²) in [6, 6.07) is 24.6. The van der Waals surface area contributed by atoms with Crippen molar-refractivity contribution in [3.05, 3.63) is 107 Å². The minimum absolute atomic E-state index is 0.141. The molecule has 0 aliphatic heterocycles. The van der Waals surface area contributed by atoms with Crippen molar-refractivity contribution in [2.24, 2.45) is 0 Å². The van der Waals surface area contributed by atoms with Crippen molar-refractivity contribution < 1.29 is 14.0 Å². The van der Waals surface area contributed by atoms with Gasteiger partial charge in [0.25, 0.3) is 5.91 Å². The first kappa shape index (κ1) is 19.3. The van der Waals surface area contributed by atoms with Crippen LogP contribution in [0, 0.1) is 5.82 Å². The van der Waals surface area contributed by atoms with Gasteiger partial charge < -0.3 is 10.6 Å². The lowest BCUT2D eigenvalue weighted by atomic mass is 9.90. The van der Waals surface area contributed by atoms with Crippen LogP contribution in [0.5, 0.6) is 0 Å². The molecular formula is C23H21FN2O2. The molecule has 28 heavy (non-hydrogen) atoms. The third-order valence-corrected chi connectivity index (χ3v) is 4.32. The first-order chi connectivity index (χ1) is 13.6. The minimum atomic E-state index is -0.463. The molecule has 0 bridgehead atoms. The fraction of sp³-hybridized carbons (Fsp3) is 0.130. The van der Waals surface area contributed by atoms with Gasteiger partial charge in [0.15, 0.2) is 0 Å². The van der Waals surface area contributed by atoms with Gasteiger partial charge in [-0.05, 0) is 29.3 Å². The minimum Gasteiger partial charge on any atom is -0.354 e. The molecule has 0 aromatic heterocycles. The van der Waals surface area contributed by atoms with E-state index in [4.69, 9.17) is 0 Å². The molecule has 3 rings (SSSR count). The van der Waals surface area contributed by atoms with E-state index >= 15 is 0 Å². The summed E-state index contributed by atoms with van der Waals surface area (Å²) in [5.41, 5.74) is 2.04. The summed E-state index contributed by atoms with van der Waals surface area (Å²) in [4.78, 5) is 24.9. The van der Waals surface area contributed by atoms with Gasteiger partial charge in [0, 0.05) is 18.7 Å². The van der Waals surface area contributed by atoms with Crippen LogP contribution in [0.15, 0.2) is 84.9 Å². The van der Waals surface area contributed by atoms with E-state index < -0.39 is 11.7 Å². The summed E-state index contributed by atoms with van der Waals surface area (Å²) in [7, 11) is 0. The van der Waals surface area contributed by atoms with Crippen LogP contribution in [0.3, 0.4) is 0 Å². The smallest absolute Gasteiger partial charge is 0.251 e. The average Bonchev–Trinajstić information content (AvgIpc) is 2.73. The molecular weight excluding hydrogens is 355 g/mol.